The number of fused-ring (bicyclic) bond motifs is 2. The van der Waals surface area contributed by atoms with Crippen LogP contribution in [0.25, 0.3) is 0 Å². The predicted molar refractivity (Wildman–Crippen MR) is 92.6 cm³/mol. The van der Waals surface area contributed by atoms with Crippen molar-refractivity contribution in [2.24, 2.45) is 11.3 Å². The average molecular weight is 331 g/mol. The number of aromatic nitrogens is 2. The molecule has 2 aliphatic heterocycles. The fourth-order valence-corrected chi connectivity index (χ4v) is 5.01. The van der Waals surface area contributed by atoms with Gasteiger partial charge >= 0.3 is 0 Å². The molecule has 3 heterocycles. The van der Waals surface area contributed by atoms with Crippen molar-refractivity contribution in [3.8, 4) is 0 Å². The van der Waals surface area contributed by atoms with Gasteiger partial charge in [-0.3, -0.25) is 9.89 Å². The summed E-state index contributed by atoms with van der Waals surface area (Å²) >= 11 is 0. The third-order valence-electron chi connectivity index (χ3n) is 6.25. The van der Waals surface area contributed by atoms with Gasteiger partial charge in [0.05, 0.1) is 17.7 Å². The largest absolute Gasteiger partial charge is 0.339 e. The quantitative estimate of drug-likeness (QED) is 0.804. The zero-order valence-electron chi connectivity index (χ0n) is 14.9. The first-order chi connectivity index (χ1) is 11.6. The Morgan fingerprint density at radius 2 is 2.21 bits per heavy atom. The molecule has 132 valence electrons. The summed E-state index contributed by atoms with van der Waals surface area (Å²) in [6, 6.07) is 0. The Morgan fingerprint density at radius 1 is 1.38 bits per heavy atom. The minimum absolute atomic E-state index is 0.239. The Morgan fingerprint density at radius 3 is 3.08 bits per heavy atom. The van der Waals surface area contributed by atoms with Gasteiger partial charge in [0.2, 0.25) is 5.91 Å². The van der Waals surface area contributed by atoms with Gasteiger partial charge in [-0.2, -0.15) is 5.10 Å². The minimum Gasteiger partial charge on any atom is -0.339 e. The van der Waals surface area contributed by atoms with Crippen molar-refractivity contribution in [3.05, 3.63) is 17.0 Å². The van der Waals surface area contributed by atoms with E-state index >= 15 is 0 Å². The van der Waals surface area contributed by atoms with E-state index in [4.69, 9.17) is 0 Å². The van der Waals surface area contributed by atoms with Gasteiger partial charge in [0.1, 0.15) is 0 Å². The number of nitrogens with zero attached hydrogens (tertiary/aromatic N) is 3. The summed E-state index contributed by atoms with van der Waals surface area (Å²) in [4.78, 5) is 17.5. The summed E-state index contributed by atoms with van der Waals surface area (Å²) < 4.78 is 0. The van der Waals surface area contributed by atoms with Crippen LogP contribution in [0.5, 0.6) is 0 Å². The van der Waals surface area contributed by atoms with Crippen LogP contribution in [0.15, 0.2) is 0 Å². The number of aromatic amines is 1. The van der Waals surface area contributed by atoms with Gasteiger partial charge in [0, 0.05) is 44.8 Å². The van der Waals surface area contributed by atoms with E-state index in [-0.39, 0.29) is 11.3 Å². The lowest BCUT2D eigenvalue weighted by molar-refractivity contribution is -0.141. The number of aryl methyl sites for hydroxylation is 1. The van der Waals surface area contributed by atoms with Crippen molar-refractivity contribution in [2.75, 3.05) is 40.3 Å². The molecule has 0 unspecified atom stereocenters. The van der Waals surface area contributed by atoms with Crippen LogP contribution < -0.4 is 5.32 Å². The van der Waals surface area contributed by atoms with Crippen molar-refractivity contribution < 1.29 is 4.79 Å². The fourth-order valence-electron chi connectivity index (χ4n) is 5.01. The van der Waals surface area contributed by atoms with E-state index in [1.165, 1.54) is 30.5 Å². The smallest absolute Gasteiger partial charge is 0.231 e. The maximum absolute atomic E-state index is 13.3. The molecule has 2 atom stereocenters. The Labute approximate surface area is 144 Å². The van der Waals surface area contributed by atoms with Crippen molar-refractivity contribution in [2.45, 2.75) is 38.6 Å². The zero-order valence-corrected chi connectivity index (χ0v) is 14.9. The molecular formula is C18H29N5O. The van der Waals surface area contributed by atoms with Crippen molar-refractivity contribution in [3.63, 3.8) is 0 Å². The van der Waals surface area contributed by atoms with E-state index < -0.39 is 0 Å². The molecule has 0 bridgehead atoms. The van der Waals surface area contributed by atoms with E-state index in [0.29, 0.717) is 12.5 Å². The highest BCUT2D eigenvalue weighted by molar-refractivity contribution is 5.84. The number of hydrogen-bond acceptors (Lipinski definition) is 4. The van der Waals surface area contributed by atoms with Crippen LogP contribution in [0.2, 0.25) is 0 Å². The highest BCUT2D eigenvalue weighted by atomic mass is 16.2. The predicted octanol–water partition coefficient (Wildman–Crippen LogP) is 0.788. The molecule has 24 heavy (non-hydrogen) atoms. The second-order valence-corrected chi connectivity index (χ2v) is 8.03. The molecule has 6 heteroatoms. The van der Waals surface area contributed by atoms with Crippen molar-refractivity contribution in [1.29, 1.82) is 0 Å². The van der Waals surface area contributed by atoms with Crippen LogP contribution in [0.4, 0.5) is 0 Å². The summed E-state index contributed by atoms with van der Waals surface area (Å²) in [5.74, 6) is 0.723. The normalized spacial score (nSPS) is 30.0. The van der Waals surface area contributed by atoms with Crippen LogP contribution in [-0.2, 0) is 24.2 Å². The molecule has 0 radical (unpaired) electrons. The average Bonchev–Trinajstić information content (AvgIpc) is 3.14. The standard InChI is InChI=1S/C18H29N5O/c1-22-9-13-8-19-11-18(13,12-22)17(24)23(2)10-16-14-6-4-3-5-7-15(14)20-21-16/h13,19H,3-12H2,1-2H3,(H,20,21)/t13-,18-/m0/s1. The molecule has 4 rings (SSSR count). The first-order valence-corrected chi connectivity index (χ1v) is 9.30. The molecule has 1 aromatic heterocycles. The molecular weight excluding hydrogens is 302 g/mol. The third kappa shape index (κ3) is 2.56. The maximum Gasteiger partial charge on any atom is 0.231 e. The molecule has 1 aliphatic carbocycles. The number of amides is 1. The number of rotatable bonds is 3. The maximum atomic E-state index is 13.3. The van der Waals surface area contributed by atoms with Crippen LogP contribution in [-0.4, -0.2) is 66.2 Å². The van der Waals surface area contributed by atoms with E-state index in [1.54, 1.807) is 0 Å². The lowest BCUT2D eigenvalue weighted by Gasteiger charge is -2.31. The number of hydrogen-bond donors (Lipinski definition) is 2. The molecule has 1 aromatic rings. The number of likely N-dealkylation sites (tertiary alicyclic amines) is 1. The Balaban J connectivity index is 1.51. The van der Waals surface area contributed by atoms with Crippen LogP contribution >= 0.6 is 0 Å². The summed E-state index contributed by atoms with van der Waals surface area (Å²) in [5.41, 5.74) is 3.50. The van der Waals surface area contributed by atoms with Crippen LogP contribution in [0, 0.1) is 11.3 Å². The monoisotopic (exact) mass is 331 g/mol. The SMILES string of the molecule is CN1C[C@@H]2CNC[C@]2(C(=O)N(C)Cc2n[nH]c3c2CCCCC3)C1. The van der Waals surface area contributed by atoms with Crippen LogP contribution in [0.3, 0.4) is 0 Å². The van der Waals surface area contributed by atoms with Gasteiger partial charge in [-0.1, -0.05) is 6.42 Å². The molecule has 1 amide bonds. The Kier molecular flexibility index (Phi) is 4.12. The van der Waals surface area contributed by atoms with E-state index in [0.717, 1.165) is 44.7 Å². The number of carbonyl (C=O) groups excluding carboxylic acids is 1. The Hall–Kier alpha value is -1.40. The van der Waals surface area contributed by atoms with Gasteiger partial charge < -0.3 is 15.1 Å². The second-order valence-electron chi connectivity index (χ2n) is 8.03. The van der Waals surface area contributed by atoms with E-state index in [2.05, 4.69) is 27.5 Å². The molecule has 0 spiro atoms. The first-order valence-electron chi connectivity index (χ1n) is 9.30. The number of carbonyl (C=O) groups is 1. The summed E-state index contributed by atoms with van der Waals surface area (Å²) in [7, 11) is 4.07. The van der Waals surface area contributed by atoms with Gasteiger partial charge in [0.25, 0.3) is 0 Å². The van der Waals surface area contributed by atoms with E-state index in [1.807, 2.05) is 11.9 Å². The number of H-pyrrole nitrogens is 1. The molecule has 2 N–H and O–H groups in total. The molecule has 2 saturated heterocycles. The molecule has 0 saturated carbocycles. The topological polar surface area (TPSA) is 64.3 Å². The molecule has 2 fully saturated rings. The summed E-state index contributed by atoms with van der Waals surface area (Å²) in [5, 5.41) is 11.2. The number of nitrogens with one attached hydrogen (secondary N) is 2. The molecule has 0 aromatic carbocycles. The first kappa shape index (κ1) is 16.1. The van der Waals surface area contributed by atoms with Gasteiger partial charge in [-0.05, 0) is 38.3 Å². The highest BCUT2D eigenvalue weighted by Crippen LogP contribution is 2.40. The lowest BCUT2D eigenvalue weighted by Crippen LogP contribution is -2.47. The van der Waals surface area contributed by atoms with E-state index in [9.17, 15) is 4.79 Å². The van der Waals surface area contributed by atoms with Gasteiger partial charge in [-0.15, -0.1) is 0 Å². The molecule has 3 aliphatic rings. The lowest BCUT2D eigenvalue weighted by atomic mass is 9.79. The van der Waals surface area contributed by atoms with Gasteiger partial charge in [-0.25, -0.2) is 0 Å². The fraction of sp³-hybridized carbons (Fsp3) is 0.778. The van der Waals surface area contributed by atoms with Crippen molar-refractivity contribution in [1.82, 2.24) is 25.3 Å². The summed E-state index contributed by atoms with van der Waals surface area (Å²) in [6.07, 6.45) is 5.96. The minimum atomic E-state index is -0.239. The van der Waals surface area contributed by atoms with Crippen molar-refractivity contribution >= 4 is 5.91 Å². The zero-order chi connectivity index (χ0) is 16.7. The van der Waals surface area contributed by atoms with Gasteiger partial charge in [0.15, 0.2) is 0 Å². The molecule has 6 nitrogen and oxygen atoms in total. The Bertz CT molecular complexity index is 627. The second kappa shape index (κ2) is 6.15. The summed E-state index contributed by atoms with van der Waals surface area (Å²) in [6.45, 7) is 4.28. The van der Waals surface area contributed by atoms with Crippen LogP contribution in [0.1, 0.15) is 36.2 Å². The highest BCUT2D eigenvalue weighted by Gasteiger charge is 2.54. The third-order valence-corrected chi connectivity index (χ3v) is 6.25.